The lowest BCUT2D eigenvalue weighted by Crippen LogP contribution is -2.55. The number of aromatic nitrogens is 1. The molecule has 260 valence electrons. The molecule has 2 unspecified atom stereocenters. The Balaban J connectivity index is 1.41. The SMILES string of the molecule is CCNC(=O)c1cc(C(=O)NC2(C)C=CN(C)N2)c(C)cc1NC(CN1CCN(C(=O)OC(C)(C)C)[C@H](C)C1)c1ccc(C2CC2)cn1. The fourth-order valence-corrected chi connectivity index (χ4v) is 6.32. The van der Waals surface area contributed by atoms with Crippen molar-refractivity contribution < 1.29 is 19.1 Å². The maximum atomic E-state index is 13.5. The third-order valence-corrected chi connectivity index (χ3v) is 8.93. The van der Waals surface area contributed by atoms with Gasteiger partial charge < -0.3 is 30.6 Å². The zero-order valence-electron chi connectivity index (χ0n) is 29.6. The number of hydrazine groups is 1. The Morgan fingerprint density at radius 1 is 1.12 bits per heavy atom. The van der Waals surface area contributed by atoms with E-state index in [0.29, 0.717) is 55.5 Å². The Labute approximate surface area is 284 Å². The van der Waals surface area contributed by atoms with Crippen molar-refractivity contribution in [2.24, 2.45) is 0 Å². The van der Waals surface area contributed by atoms with Crippen molar-refractivity contribution in [2.45, 2.75) is 90.6 Å². The van der Waals surface area contributed by atoms with E-state index < -0.39 is 11.3 Å². The number of ether oxygens (including phenoxy) is 1. The number of nitrogens with one attached hydrogen (secondary N) is 4. The first kappa shape index (κ1) is 35.2. The van der Waals surface area contributed by atoms with Gasteiger partial charge in [0.1, 0.15) is 11.3 Å². The lowest BCUT2D eigenvalue weighted by Gasteiger charge is -2.41. The summed E-state index contributed by atoms with van der Waals surface area (Å²) in [7, 11) is 1.86. The van der Waals surface area contributed by atoms with Crippen LogP contribution in [-0.2, 0) is 4.74 Å². The molecule has 2 aromatic rings. The van der Waals surface area contributed by atoms with E-state index >= 15 is 0 Å². The van der Waals surface area contributed by atoms with Crippen LogP contribution in [0.4, 0.5) is 10.5 Å². The Bertz CT molecular complexity index is 1530. The number of carbonyl (C=O) groups is 3. The zero-order valence-corrected chi connectivity index (χ0v) is 29.6. The first-order valence-electron chi connectivity index (χ1n) is 17.0. The van der Waals surface area contributed by atoms with E-state index in [9.17, 15) is 14.4 Å². The van der Waals surface area contributed by atoms with Gasteiger partial charge in [-0.05, 0) is 103 Å². The minimum Gasteiger partial charge on any atom is -0.444 e. The smallest absolute Gasteiger partial charge is 0.410 e. The maximum Gasteiger partial charge on any atom is 0.410 e. The highest BCUT2D eigenvalue weighted by Crippen LogP contribution is 2.40. The van der Waals surface area contributed by atoms with Crippen molar-refractivity contribution in [3.8, 4) is 0 Å². The van der Waals surface area contributed by atoms with E-state index in [4.69, 9.17) is 9.72 Å². The molecule has 2 fully saturated rings. The van der Waals surface area contributed by atoms with Gasteiger partial charge in [0.2, 0.25) is 0 Å². The van der Waals surface area contributed by atoms with Crippen LogP contribution in [0, 0.1) is 6.92 Å². The molecule has 3 aliphatic rings. The van der Waals surface area contributed by atoms with Gasteiger partial charge in [-0.3, -0.25) is 19.5 Å². The molecule has 4 N–H and O–H groups in total. The predicted octanol–water partition coefficient (Wildman–Crippen LogP) is 4.52. The van der Waals surface area contributed by atoms with Crippen LogP contribution in [0.2, 0.25) is 0 Å². The number of hydrogen-bond donors (Lipinski definition) is 4. The number of aryl methyl sites for hydroxylation is 1. The second-order valence-corrected chi connectivity index (χ2v) is 14.5. The molecule has 12 heteroatoms. The van der Waals surface area contributed by atoms with Gasteiger partial charge in [0.05, 0.1) is 17.3 Å². The third-order valence-electron chi connectivity index (χ3n) is 8.93. The fourth-order valence-electron chi connectivity index (χ4n) is 6.32. The quantitative estimate of drug-likeness (QED) is 0.291. The predicted molar refractivity (Wildman–Crippen MR) is 187 cm³/mol. The van der Waals surface area contributed by atoms with Gasteiger partial charge in [0.25, 0.3) is 11.8 Å². The van der Waals surface area contributed by atoms with E-state index in [1.165, 1.54) is 18.4 Å². The van der Waals surface area contributed by atoms with Gasteiger partial charge in [-0.1, -0.05) is 6.07 Å². The summed E-state index contributed by atoms with van der Waals surface area (Å²) in [5.74, 6) is 0.0301. The van der Waals surface area contributed by atoms with Crippen LogP contribution in [0.25, 0.3) is 0 Å². The third kappa shape index (κ3) is 8.65. The molecule has 0 radical (unpaired) electrons. The number of anilines is 1. The van der Waals surface area contributed by atoms with Crippen LogP contribution in [0.15, 0.2) is 42.7 Å². The summed E-state index contributed by atoms with van der Waals surface area (Å²) in [6.45, 7) is 16.2. The molecule has 48 heavy (non-hydrogen) atoms. The summed E-state index contributed by atoms with van der Waals surface area (Å²) >= 11 is 0. The van der Waals surface area contributed by atoms with E-state index in [2.05, 4.69) is 38.4 Å². The summed E-state index contributed by atoms with van der Waals surface area (Å²) in [5, 5.41) is 11.4. The van der Waals surface area contributed by atoms with Crippen LogP contribution < -0.4 is 21.4 Å². The second-order valence-electron chi connectivity index (χ2n) is 14.5. The summed E-state index contributed by atoms with van der Waals surface area (Å²) in [6.07, 6.45) is 7.79. The van der Waals surface area contributed by atoms with Crippen molar-refractivity contribution in [1.82, 2.24) is 35.9 Å². The topological polar surface area (TPSA) is 131 Å². The molecular weight excluding hydrogens is 608 g/mol. The molecule has 1 aliphatic carbocycles. The van der Waals surface area contributed by atoms with Crippen LogP contribution in [0.5, 0.6) is 0 Å². The number of nitrogens with zero attached hydrogens (tertiary/aromatic N) is 4. The number of piperazine rings is 1. The van der Waals surface area contributed by atoms with Gasteiger partial charge in [-0.2, -0.15) is 0 Å². The van der Waals surface area contributed by atoms with Crippen molar-refractivity contribution >= 4 is 23.6 Å². The number of amides is 3. The minimum atomic E-state index is -0.755. The summed E-state index contributed by atoms with van der Waals surface area (Å²) in [4.78, 5) is 48.9. The summed E-state index contributed by atoms with van der Waals surface area (Å²) < 4.78 is 5.66. The molecule has 1 aromatic carbocycles. The highest BCUT2D eigenvalue weighted by Gasteiger charge is 2.33. The molecule has 1 saturated carbocycles. The van der Waals surface area contributed by atoms with Crippen molar-refractivity contribution in [3.05, 3.63) is 70.7 Å². The molecule has 2 aliphatic heterocycles. The van der Waals surface area contributed by atoms with E-state index in [-0.39, 0.29) is 30.0 Å². The Morgan fingerprint density at radius 3 is 2.46 bits per heavy atom. The van der Waals surface area contributed by atoms with Gasteiger partial charge in [-0.15, -0.1) is 0 Å². The van der Waals surface area contributed by atoms with Crippen LogP contribution >= 0.6 is 0 Å². The number of pyridine rings is 1. The largest absolute Gasteiger partial charge is 0.444 e. The highest BCUT2D eigenvalue weighted by molar-refractivity contribution is 6.04. The molecule has 0 bridgehead atoms. The van der Waals surface area contributed by atoms with Gasteiger partial charge in [0.15, 0.2) is 0 Å². The maximum absolute atomic E-state index is 13.5. The first-order chi connectivity index (χ1) is 22.6. The Kier molecular flexibility index (Phi) is 10.4. The number of rotatable bonds is 10. The van der Waals surface area contributed by atoms with E-state index in [0.717, 1.165) is 11.3 Å². The monoisotopic (exact) mass is 660 g/mol. The highest BCUT2D eigenvalue weighted by atomic mass is 16.6. The van der Waals surface area contributed by atoms with E-state index in [1.54, 1.807) is 16.0 Å². The summed E-state index contributed by atoms with van der Waals surface area (Å²) in [5.41, 5.74) is 6.15. The van der Waals surface area contributed by atoms with Crippen LogP contribution in [0.3, 0.4) is 0 Å². The molecule has 0 spiro atoms. The van der Waals surface area contributed by atoms with Gasteiger partial charge in [0, 0.05) is 69.5 Å². The molecule has 3 amide bonds. The number of hydrogen-bond acceptors (Lipinski definition) is 9. The van der Waals surface area contributed by atoms with Crippen molar-refractivity contribution in [3.63, 3.8) is 0 Å². The van der Waals surface area contributed by atoms with Crippen LogP contribution in [0.1, 0.15) is 104 Å². The number of benzene rings is 1. The lowest BCUT2D eigenvalue weighted by atomic mass is 9.99. The average Bonchev–Trinajstić information content (AvgIpc) is 3.79. The average molecular weight is 661 g/mol. The molecule has 12 nitrogen and oxygen atoms in total. The number of carbonyl (C=O) groups excluding carboxylic acids is 3. The molecule has 1 aromatic heterocycles. The van der Waals surface area contributed by atoms with E-state index in [1.807, 2.05) is 80.1 Å². The molecular formula is C36H52N8O4. The fraction of sp³-hybridized carbons (Fsp3) is 0.556. The molecule has 5 rings (SSSR count). The minimum absolute atomic E-state index is 0.0452. The van der Waals surface area contributed by atoms with Crippen LogP contribution in [-0.4, -0.2) is 94.8 Å². The first-order valence-corrected chi connectivity index (χ1v) is 17.0. The summed E-state index contributed by atoms with van der Waals surface area (Å²) in [6, 6.07) is 7.47. The van der Waals surface area contributed by atoms with Gasteiger partial charge >= 0.3 is 6.09 Å². The second kappa shape index (κ2) is 14.1. The Morgan fingerprint density at radius 2 is 1.88 bits per heavy atom. The molecule has 1 saturated heterocycles. The van der Waals surface area contributed by atoms with Gasteiger partial charge in [-0.25, -0.2) is 10.2 Å². The zero-order chi connectivity index (χ0) is 34.8. The Hall–Kier alpha value is -4.16. The molecule has 3 heterocycles. The molecule has 3 atom stereocenters. The lowest BCUT2D eigenvalue weighted by molar-refractivity contribution is 0.00105. The normalized spacial score (nSPS) is 22.0. The standard InChI is InChI=1S/C36H52N8O4/c1-9-37-32(45)28-19-27(33(46)40-36(7)14-15-42(8)41-36)23(2)18-30(28)39-31(29-13-12-26(20-38-29)25-10-11-25)22-43-16-17-44(24(3)21-43)34(47)48-35(4,5)6/h12-15,18-20,24-25,31,39,41H,9-11,16-17,21-22H2,1-8H3,(H,37,45)(H,40,46)/t24-,31?,36?/m1/s1. The van der Waals surface area contributed by atoms with Crippen molar-refractivity contribution in [1.29, 1.82) is 0 Å². The van der Waals surface area contributed by atoms with Crippen molar-refractivity contribution in [2.75, 3.05) is 45.1 Å².